The molecule has 0 aliphatic heterocycles. The molecule has 0 spiro atoms. The quantitative estimate of drug-likeness (QED) is 0.870. The number of rotatable bonds is 6. The number of hydrogen-bond donors (Lipinski definition) is 1. The van der Waals surface area contributed by atoms with Crippen LogP contribution >= 0.6 is 0 Å². The molecule has 1 rings (SSSR count). The normalized spacial score (nSPS) is 13.0. The molecule has 0 saturated heterocycles. The summed E-state index contributed by atoms with van der Waals surface area (Å²) in [4.78, 5) is 0. The maximum atomic E-state index is 5.48. The van der Waals surface area contributed by atoms with Crippen molar-refractivity contribution in [1.29, 1.82) is 0 Å². The number of nitrogens with one attached hydrogen (secondary N) is 1. The zero-order valence-corrected chi connectivity index (χ0v) is 14.4. The van der Waals surface area contributed by atoms with Crippen LogP contribution in [0.2, 0.25) is 0 Å². The minimum atomic E-state index is -0.101. The van der Waals surface area contributed by atoms with E-state index in [2.05, 4.69) is 63.6 Å². The smallest absolute Gasteiger partial charge is 0.0641 e. The highest BCUT2D eigenvalue weighted by molar-refractivity contribution is 5.24. The van der Waals surface area contributed by atoms with Gasteiger partial charge >= 0.3 is 0 Å². The Bertz CT molecular complexity index is 441. The molecule has 4 nitrogen and oxygen atoms in total. The van der Waals surface area contributed by atoms with E-state index in [9.17, 15) is 0 Å². The molecule has 1 N–H and O–H groups in total. The van der Waals surface area contributed by atoms with E-state index in [-0.39, 0.29) is 11.1 Å². The molecule has 1 heterocycles. The van der Waals surface area contributed by atoms with Gasteiger partial charge in [0.2, 0.25) is 0 Å². The minimum absolute atomic E-state index is 0.101. The Morgan fingerprint density at radius 1 is 1.15 bits per heavy atom. The van der Waals surface area contributed by atoms with E-state index in [0.29, 0.717) is 0 Å². The van der Waals surface area contributed by atoms with Gasteiger partial charge in [0, 0.05) is 37.0 Å². The third-order valence-corrected chi connectivity index (χ3v) is 3.81. The summed E-state index contributed by atoms with van der Waals surface area (Å²) in [5.74, 6) is 0. The van der Waals surface area contributed by atoms with Crippen molar-refractivity contribution in [2.24, 2.45) is 0 Å². The van der Waals surface area contributed by atoms with Crippen molar-refractivity contribution >= 4 is 0 Å². The number of methoxy groups -OCH3 is 1. The predicted molar refractivity (Wildman–Crippen MR) is 84.0 cm³/mol. The Kier molecular flexibility index (Phi) is 5.39. The van der Waals surface area contributed by atoms with Gasteiger partial charge in [0.05, 0.1) is 11.3 Å². The van der Waals surface area contributed by atoms with Gasteiger partial charge in [0.25, 0.3) is 0 Å². The van der Waals surface area contributed by atoms with Crippen molar-refractivity contribution in [3.05, 3.63) is 17.0 Å². The zero-order chi connectivity index (χ0) is 15.6. The van der Waals surface area contributed by atoms with Crippen LogP contribution in [0.25, 0.3) is 0 Å². The lowest BCUT2D eigenvalue weighted by atomic mass is 10.1. The molecule has 0 saturated carbocycles. The average Bonchev–Trinajstić information content (AvgIpc) is 2.59. The fourth-order valence-electron chi connectivity index (χ4n) is 2.04. The summed E-state index contributed by atoms with van der Waals surface area (Å²) in [6.07, 6.45) is 0.956. The maximum Gasteiger partial charge on any atom is 0.0641 e. The van der Waals surface area contributed by atoms with Crippen LogP contribution in [0.5, 0.6) is 0 Å². The summed E-state index contributed by atoms with van der Waals surface area (Å²) in [6, 6.07) is 0. The van der Waals surface area contributed by atoms with Gasteiger partial charge in [-0.05, 0) is 54.9 Å². The van der Waals surface area contributed by atoms with Crippen molar-refractivity contribution in [3.8, 4) is 0 Å². The maximum absolute atomic E-state index is 5.48. The zero-order valence-electron chi connectivity index (χ0n) is 14.4. The summed E-state index contributed by atoms with van der Waals surface area (Å²) in [7, 11) is 1.76. The van der Waals surface area contributed by atoms with Crippen molar-refractivity contribution in [2.45, 2.75) is 79.1 Å². The SMILES string of the molecule is COC(C)(C)CCn1nc(C)c(CNC(C)(C)C)c1C. The van der Waals surface area contributed by atoms with Crippen molar-refractivity contribution in [3.63, 3.8) is 0 Å². The summed E-state index contributed by atoms with van der Waals surface area (Å²) in [5, 5.41) is 8.21. The molecular formula is C16H31N3O. The number of aryl methyl sites for hydroxylation is 2. The second kappa shape index (κ2) is 6.27. The number of nitrogens with zero attached hydrogens (tertiary/aromatic N) is 2. The van der Waals surface area contributed by atoms with Crippen LogP contribution in [0.4, 0.5) is 0 Å². The first-order chi connectivity index (χ1) is 9.06. The van der Waals surface area contributed by atoms with E-state index in [4.69, 9.17) is 4.74 Å². The van der Waals surface area contributed by atoms with Gasteiger partial charge in [0.1, 0.15) is 0 Å². The fourth-order valence-corrected chi connectivity index (χ4v) is 2.04. The van der Waals surface area contributed by atoms with Crippen molar-refractivity contribution < 1.29 is 4.74 Å². The van der Waals surface area contributed by atoms with Gasteiger partial charge in [0.15, 0.2) is 0 Å². The molecule has 0 unspecified atom stereocenters. The topological polar surface area (TPSA) is 39.1 Å². The predicted octanol–water partition coefficient (Wildman–Crippen LogP) is 3.20. The Morgan fingerprint density at radius 3 is 2.25 bits per heavy atom. The van der Waals surface area contributed by atoms with E-state index < -0.39 is 0 Å². The molecule has 20 heavy (non-hydrogen) atoms. The van der Waals surface area contributed by atoms with E-state index in [1.54, 1.807) is 7.11 Å². The van der Waals surface area contributed by atoms with Gasteiger partial charge in [-0.2, -0.15) is 5.10 Å². The second-order valence-electron chi connectivity index (χ2n) is 7.19. The summed E-state index contributed by atoms with van der Waals surface area (Å²) in [5.41, 5.74) is 3.71. The number of ether oxygens (including phenoxy) is 1. The third kappa shape index (κ3) is 4.91. The molecule has 0 aliphatic rings. The van der Waals surface area contributed by atoms with E-state index in [1.807, 2.05) is 0 Å². The standard InChI is InChI=1S/C16H31N3O/c1-12-14(11-17-15(3,4)5)13(2)19(18-12)10-9-16(6,7)20-8/h17H,9-11H2,1-8H3. The van der Waals surface area contributed by atoms with E-state index in [1.165, 1.54) is 11.3 Å². The molecule has 116 valence electrons. The highest BCUT2D eigenvalue weighted by Crippen LogP contribution is 2.18. The van der Waals surface area contributed by atoms with Gasteiger partial charge in [-0.3, -0.25) is 4.68 Å². The summed E-state index contributed by atoms with van der Waals surface area (Å²) < 4.78 is 7.58. The highest BCUT2D eigenvalue weighted by Gasteiger charge is 2.19. The second-order valence-corrected chi connectivity index (χ2v) is 7.19. The first-order valence-corrected chi connectivity index (χ1v) is 7.39. The van der Waals surface area contributed by atoms with Crippen LogP contribution in [-0.4, -0.2) is 28.0 Å². The Morgan fingerprint density at radius 2 is 1.75 bits per heavy atom. The molecule has 1 aromatic rings. The fraction of sp³-hybridized carbons (Fsp3) is 0.812. The average molecular weight is 281 g/mol. The highest BCUT2D eigenvalue weighted by atomic mass is 16.5. The molecule has 1 aromatic heterocycles. The molecule has 0 amide bonds. The van der Waals surface area contributed by atoms with Crippen molar-refractivity contribution in [1.82, 2.24) is 15.1 Å². The molecule has 0 aromatic carbocycles. The van der Waals surface area contributed by atoms with Crippen LogP contribution in [-0.2, 0) is 17.8 Å². The molecule has 0 fully saturated rings. The van der Waals surface area contributed by atoms with Crippen LogP contribution < -0.4 is 5.32 Å². The lowest BCUT2D eigenvalue weighted by Crippen LogP contribution is -2.35. The molecule has 4 heteroatoms. The van der Waals surface area contributed by atoms with Gasteiger partial charge < -0.3 is 10.1 Å². The Hall–Kier alpha value is -0.870. The molecule has 0 atom stereocenters. The minimum Gasteiger partial charge on any atom is -0.379 e. The number of aromatic nitrogens is 2. The van der Waals surface area contributed by atoms with Gasteiger partial charge in [-0.25, -0.2) is 0 Å². The Balaban J connectivity index is 2.76. The van der Waals surface area contributed by atoms with Gasteiger partial charge in [-0.1, -0.05) is 0 Å². The van der Waals surface area contributed by atoms with Crippen LogP contribution in [0, 0.1) is 13.8 Å². The molecule has 0 bridgehead atoms. The lowest BCUT2D eigenvalue weighted by molar-refractivity contribution is 0.0112. The largest absolute Gasteiger partial charge is 0.379 e. The molecule has 0 radical (unpaired) electrons. The molecular weight excluding hydrogens is 250 g/mol. The van der Waals surface area contributed by atoms with Gasteiger partial charge in [-0.15, -0.1) is 0 Å². The lowest BCUT2D eigenvalue weighted by Gasteiger charge is -2.23. The van der Waals surface area contributed by atoms with E-state index >= 15 is 0 Å². The first kappa shape index (κ1) is 17.2. The summed E-state index contributed by atoms with van der Waals surface area (Å²) >= 11 is 0. The summed E-state index contributed by atoms with van der Waals surface area (Å²) in [6.45, 7) is 16.8. The van der Waals surface area contributed by atoms with E-state index in [0.717, 1.165) is 25.2 Å². The first-order valence-electron chi connectivity index (χ1n) is 7.39. The van der Waals surface area contributed by atoms with Crippen LogP contribution in [0.15, 0.2) is 0 Å². The van der Waals surface area contributed by atoms with Crippen molar-refractivity contribution in [2.75, 3.05) is 7.11 Å². The monoisotopic (exact) mass is 281 g/mol. The number of hydrogen-bond acceptors (Lipinski definition) is 3. The van der Waals surface area contributed by atoms with Crippen LogP contribution in [0.1, 0.15) is 58.0 Å². The third-order valence-electron chi connectivity index (χ3n) is 3.81. The Labute approximate surface area is 123 Å². The van der Waals surface area contributed by atoms with Crippen LogP contribution in [0.3, 0.4) is 0 Å². The molecule has 0 aliphatic carbocycles.